The number of benzene rings is 1. The predicted molar refractivity (Wildman–Crippen MR) is 90.4 cm³/mol. The van der Waals surface area contributed by atoms with E-state index in [0.717, 1.165) is 0 Å². The van der Waals surface area contributed by atoms with E-state index in [1.165, 1.54) is 18.2 Å². The number of rotatable bonds is 9. The van der Waals surface area contributed by atoms with Crippen LogP contribution in [0.15, 0.2) is 23.1 Å². The minimum Gasteiger partial charge on any atom is -0.482 e. The maximum Gasteiger partial charge on any atom is 0.260 e. The third-order valence-corrected chi connectivity index (χ3v) is 4.98. The molecule has 0 aliphatic rings. The Kier molecular flexibility index (Phi) is 7.81. The Morgan fingerprint density at radius 2 is 1.91 bits per heavy atom. The number of halogens is 1. The second-order valence-corrected chi connectivity index (χ2v) is 7.02. The Bertz CT molecular complexity index is 630. The van der Waals surface area contributed by atoms with E-state index in [9.17, 15) is 13.2 Å². The summed E-state index contributed by atoms with van der Waals surface area (Å²) < 4.78 is 31.9. The topological polar surface area (TPSA) is 75.7 Å². The predicted octanol–water partition coefficient (Wildman–Crippen LogP) is 2.28. The zero-order valence-electron chi connectivity index (χ0n) is 13.6. The molecule has 0 aliphatic heterocycles. The van der Waals surface area contributed by atoms with E-state index in [2.05, 4.69) is 4.72 Å². The third kappa shape index (κ3) is 5.67. The van der Waals surface area contributed by atoms with Gasteiger partial charge in [0.15, 0.2) is 6.61 Å². The molecule has 1 aromatic carbocycles. The molecule has 1 rings (SSSR count). The molecule has 1 amide bonds. The van der Waals surface area contributed by atoms with Crippen molar-refractivity contribution in [2.75, 3.05) is 26.2 Å². The average Bonchev–Trinajstić information content (AvgIpc) is 2.52. The van der Waals surface area contributed by atoms with Crippen LogP contribution in [-0.4, -0.2) is 45.5 Å². The smallest absolute Gasteiger partial charge is 0.260 e. The summed E-state index contributed by atoms with van der Waals surface area (Å²) in [5.41, 5.74) is 0. The first-order valence-corrected chi connectivity index (χ1v) is 9.41. The van der Waals surface area contributed by atoms with E-state index in [4.69, 9.17) is 16.3 Å². The molecule has 0 heterocycles. The van der Waals surface area contributed by atoms with Gasteiger partial charge in [0.2, 0.25) is 10.0 Å². The number of sulfonamides is 1. The van der Waals surface area contributed by atoms with Gasteiger partial charge in [-0.1, -0.05) is 18.5 Å². The number of nitrogens with zero attached hydrogens (tertiary/aromatic N) is 1. The Hall–Kier alpha value is -1.31. The fourth-order valence-electron chi connectivity index (χ4n) is 1.89. The SMILES string of the molecule is CCCNS(=O)(=O)c1ccc(OCC(=O)N(CC)CC)c(Cl)c1. The van der Waals surface area contributed by atoms with Crippen molar-refractivity contribution < 1.29 is 17.9 Å². The van der Waals surface area contributed by atoms with Crippen LogP contribution in [0.25, 0.3) is 0 Å². The van der Waals surface area contributed by atoms with Gasteiger partial charge in [-0.15, -0.1) is 0 Å². The van der Waals surface area contributed by atoms with Crippen molar-refractivity contribution in [3.05, 3.63) is 23.2 Å². The van der Waals surface area contributed by atoms with Crippen LogP contribution in [-0.2, 0) is 14.8 Å². The number of hydrogen-bond acceptors (Lipinski definition) is 4. The molecule has 1 N–H and O–H groups in total. The fourth-order valence-corrected chi connectivity index (χ4v) is 3.35. The van der Waals surface area contributed by atoms with E-state index in [-0.39, 0.29) is 28.2 Å². The van der Waals surface area contributed by atoms with Crippen molar-refractivity contribution >= 4 is 27.5 Å². The Morgan fingerprint density at radius 1 is 1.26 bits per heavy atom. The standard InChI is InChI=1S/C15H23ClN2O4S/c1-4-9-17-23(20,21)12-7-8-14(13(16)10-12)22-11-15(19)18(5-2)6-3/h7-8,10,17H,4-6,9,11H2,1-3H3. The van der Waals surface area contributed by atoms with Crippen LogP contribution in [0.2, 0.25) is 5.02 Å². The molecule has 0 radical (unpaired) electrons. The van der Waals surface area contributed by atoms with Crippen LogP contribution in [0.3, 0.4) is 0 Å². The van der Waals surface area contributed by atoms with Crippen molar-refractivity contribution in [3.63, 3.8) is 0 Å². The van der Waals surface area contributed by atoms with Crippen LogP contribution in [0.1, 0.15) is 27.2 Å². The number of ether oxygens (including phenoxy) is 1. The first-order chi connectivity index (χ1) is 10.9. The van der Waals surface area contributed by atoms with E-state index in [1.54, 1.807) is 4.90 Å². The average molecular weight is 363 g/mol. The van der Waals surface area contributed by atoms with Gasteiger partial charge in [-0.25, -0.2) is 13.1 Å². The van der Waals surface area contributed by atoms with Crippen molar-refractivity contribution in [2.45, 2.75) is 32.1 Å². The highest BCUT2D eigenvalue weighted by Crippen LogP contribution is 2.27. The largest absolute Gasteiger partial charge is 0.482 e. The van der Waals surface area contributed by atoms with E-state index < -0.39 is 10.0 Å². The molecule has 0 unspecified atom stereocenters. The van der Waals surface area contributed by atoms with Gasteiger partial charge in [-0.2, -0.15) is 0 Å². The van der Waals surface area contributed by atoms with Gasteiger partial charge in [0.1, 0.15) is 5.75 Å². The Labute approximate surface area is 142 Å². The number of hydrogen-bond donors (Lipinski definition) is 1. The zero-order chi connectivity index (χ0) is 17.5. The summed E-state index contributed by atoms with van der Waals surface area (Å²) in [6.45, 7) is 7.07. The van der Waals surface area contributed by atoms with Crippen molar-refractivity contribution in [2.24, 2.45) is 0 Å². The number of amides is 1. The summed E-state index contributed by atoms with van der Waals surface area (Å²) in [7, 11) is -3.58. The van der Waals surface area contributed by atoms with Crippen LogP contribution in [0, 0.1) is 0 Å². The molecule has 1 aromatic rings. The second-order valence-electron chi connectivity index (χ2n) is 4.84. The van der Waals surface area contributed by atoms with Gasteiger partial charge in [-0.3, -0.25) is 4.79 Å². The van der Waals surface area contributed by atoms with Gasteiger partial charge in [0.05, 0.1) is 9.92 Å². The van der Waals surface area contributed by atoms with Crippen molar-refractivity contribution in [1.29, 1.82) is 0 Å². The molecule has 0 bridgehead atoms. The summed E-state index contributed by atoms with van der Waals surface area (Å²) in [6.07, 6.45) is 0.696. The Morgan fingerprint density at radius 3 is 2.43 bits per heavy atom. The molecule has 0 aromatic heterocycles. The summed E-state index contributed by atoms with van der Waals surface area (Å²) in [4.78, 5) is 13.6. The molecule has 0 atom stereocenters. The molecule has 8 heteroatoms. The minimum atomic E-state index is -3.58. The maximum absolute atomic E-state index is 12.0. The lowest BCUT2D eigenvalue weighted by Gasteiger charge is -2.19. The van der Waals surface area contributed by atoms with Crippen molar-refractivity contribution in [1.82, 2.24) is 9.62 Å². The second kappa shape index (κ2) is 9.10. The zero-order valence-corrected chi connectivity index (χ0v) is 15.2. The van der Waals surface area contributed by atoms with E-state index in [1.807, 2.05) is 20.8 Å². The number of carbonyl (C=O) groups is 1. The lowest BCUT2D eigenvalue weighted by molar-refractivity contribution is -0.132. The van der Waals surface area contributed by atoms with E-state index >= 15 is 0 Å². The molecule has 6 nitrogen and oxygen atoms in total. The monoisotopic (exact) mass is 362 g/mol. The first kappa shape index (κ1) is 19.7. The minimum absolute atomic E-state index is 0.0679. The number of nitrogens with one attached hydrogen (secondary N) is 1. The number of carbonyl (C=O) groups excluding carboxylic acids is 1. The summed E-state index contributed by atoms with van der Waals surface area (Å²) in [5, 5.41) is 0.150. The van der Waals surface area contributed by atoms with Gasteiger partial charge in [0, 0.05) is 19.6 Å². The van der Waals surface area contributed by atoms with Gasteiger partial charge < -0.3 is 9.64 Å². The quantitative estimate of drug-likeness (QED) is 0.731. The lowest BCUT2D eigenvalue weighted by Crippen LogP contribution is -2.34. The van der Waals surface area contributed by atoms with Crippen LogP contribution >= 0.6 is 11.6 Å². The van der Waals surface area contributed by atoms with Gasteiger partial charge in [-0.05, 0) is 38.5 Å². The molecular weight excluding hydrogens is 340 g/mol. The normalized spacial score (nSPS) is 11.3. The first-order valence-electron chi connectivity index (χ1n) is 7.55. The summed E-state index contributed by atoms with van der Waals surface area (Å²) in [6, 6.07) is 4.18. The summed E-state index contributed by atoms with van der Waals surface area (Å²) >= 11 is 6.06. The molecule has 0 spiro atoms. The Balaban J connectivity index is 2.79. The molecule has 0 fully saturated rings. The highest BCUT2D eigenvalue weighted by molar-refractivity contribution is 7.89. The number of likely N-dealkylation sites (N-methyl/N-ethyl adjacent to an activating group) is 1. The van der Waals surface area contributed by atoms with E-state index in [0.29, 0.717) is 26.1 Å². The van der Waals surface area contributed by atoms with Crippen molar-refractivity contribution in [3.8, 4) is 5.75 Å². The van der Waals surface area contributed by atoms with Crippen LogP contribution in [0.4, 0.5) is 0 Å². The molecule has 0 saturated carbocycles. The van der Waals surface area contributed by atoms with Gasteiger partial charge in [0.25, 0.3) is 5.91 Å². The van der Waals surface area contributed by atoms with Crippen LogP contribution < -0.4 is 9.46 Å². The molecule has 0 saturated heterocycles. The molecule has 23 heavy (non-hydrogen) atoms. The van der Waals surface area contributed by atoms with Crippen LogP contribution in [0.5, 0.6) is 5.75 Å². The van der Waals surface area contributed by atoms with Gasteiger partial charge >= 0.3 is 0 Å². The highest BCUT2D eigenvalue weighted by Gasteiger charge is 2.16. The third-order valence-electron chi connectivity index (χ3n) is 3.22. The lowest BCUT2D eigenvalue weighted by atomic mass is 10.3. The highest BCUT2D eigenvalue weighted by atomic mass is 35.5. The molecule has 130 valence electrons. The molecular formula is C15H23ClN2O4S. The maximum atomic E-state index is 12.0. The fraction of sp³-hybridized carbons (Fsp3) is 0.533. The molecule has 0 aliphatic carbocycles. The summed E-state index contributed by atoms with van der Waals surface area (Å²) in [5.74, 6) is 0.133.